The van der Waals surface area contributed by atoms with Crippen LogP contribution in [0.5, 0.6) is 0 Å². The van der Waals surface area contributed by atoms with Crippen molar-refractivity contribution in [2.75, 3.05) is 13.1 Å². The van der Waals surface area contributed by atoms with Crippen molar-refractivity contribution in [1.82, 2.24) is 5.32 Å². The zero-order valence-corrected chi connectivity index (χ0v) is 9.81. The number of benzene rings is 1. The highest BCUT2D eigenvalue weighted by Gasteiger charge is 2.16. The van der Waals surface area contributed by atoms with Gasteiger partial charge in [0.25, 0.3) is 0 Å². The topological polar surface area (TPSA) is 38.0 Å². The van der Waals surface area contributed by atoms with Crippen LogP contribution in [0.15, 0.2) is 18.2 Å². The van der Waals surface area contributed by atoms with Crippen LogP contribution < -0.4 is 11.1 Å². The van der Waals surface area contributed by atoms with E-state index >= 15 is 0 Å². The summed E-state index contributed by atoms with van der Waals surface area (Å²) in [6, 6.07) is 4.28. The van der Waals surface area contributed by atoms with Crippen LogP contribution in [-0.4, -0.2) is 13.1 Å². The molecule has 1 rings (SSSR count). The molecule has 1 unspecified atom stereocenters. The zero-order chi connectivity index (χ0) is 12.0. The van der Waals surface area contributed by atoms with E-state index in [-0.39, 0.29) is 18.4 Å². The van der Waals surface area contributed by atoms with Gasteiger partial charge in [0.1, 0.15) is 5.82 Å². The fourth-order valence-electron chi connectivity index (χ4n) is 1.41. The largest absolute Gasteiger partial charge is 0.329 e. The molecule has 0 bridgehead atoms. The SMILES string of the molecule is CC#CCNC(CN)c1c(F)cccc1Cl. The molecule has 0 aromatic heterocycles. The number of nitrogens with one attached hydrogen (secondary N) is 1. The average Bonchev–Trinajstić information content (AvgIpc) is 2.26. The second-order valence-corrected chi connectivity index (χ2v) is 3.64. The maximum atomic E-state index is 13.6. The van der Waals surface area contributed by atoms with E-state index in [4.69, 9.17) is 17.3 Å². The summed E-state index contributed by atoms with van der Waals surface area (Å²) in [4.78, 5) is 0. The van der Waals surface area contributed by atoms with E-state index in [1.54, 1.807) is 19.1 Å². The van der Waals surface area contributed by atoms with E-state index in [1.165, 1.54) is 6.07 Å². The highest BCUT2D eigenvalue weighted by atomic mass is 35.5. The van der Waals surface area contributed by atoms with Crippen LogP contribution in [0.3, 0.4) is 0 Å². The lowest BCUT2D eigenvalue weighted by molar-refractivity contribution is 0.530. The highest BCUT2D eigenvalue weighted by Crippen LogP contribution is 2.25. The Kier molecular flexibility index (Phi) is 5.27. The highest BCUT2D eigenvalue weighted by molar-refractivity contribution is 6.31. The standard InChI is InChI=1S/C12H14ClFN2/c1-2-3-7-16-11(8-15)12-9(13)5-4-6-10(12)14/h4-6,11,16H,7-8,15H2,1H3. The molecular weight excluding hydrogens is 227 g/mol. The maximum absolute atomic E-state index is 13.6. The van der Waals surface area contributed by atoms with Gasteiger partial charge in [0.05, 0.1) is 6.54 Å². The minimum atomic E-state index is -0.347. The average molecular weight is 241 g/mol. The van der Waals surface area contributed by atoms with Crippen molar-refractivity contribution >= 4 is 11.6 Å². The fourth-order valence-corrected chi connectivity index (χ4v) is 1.70. The number of rotatable bonds is 4. The molecule has 0 aliphatic heterocycles. The lowest BCUT2D eigenvalue weighted by Crippen LogP contribution is -2.29. The van der Waals surface area contributed by atoms with Gasteiger partial charge in [-0.05, 0) is 19.1 Å². The maximum Gasteiger partial charge on any atom is 0.129 e. The molecule has 16 heavy (non-hydrogen) atoms. The summed E-state index contributed by atoms with van der Waals surface area (Å²) in [5.41, 5.74) is 6.00. The molecule has 0 aliphatic carbocycles. The Morgan fingerprint density at radius 3 is 2.88 bits per heavy atom. The van der Waals surface area contributed by atoms with E-state index in [1.807, 2.05) is 0 Å². The van der Waals surface area contributed by atoms with Crippen LogP contribution in [0.1, 0.15) is 18.5 Å². The van der Waals surface area contributed by atoms with Gasteiger partial charge >= 0.3 is 0 Å². The van der Waals surface area contributed by atoms with E-state index in [0.717, 1.165) is 0 Å². The van der Waals surface area contributed by atoms with Gasteiger partial charge in [0.15, 0.2) is 0 Å². The smallest absolute Gasteiger partial charge is 0.129 e. The number of nitrogens with two attached hydrogens (primary N) is 1. The minimum Gasteiger partial charge on any atom is -0.329 e. The van der Waals surface area contributed by atoms with Crippen molar-refractivity contribution in [2.24, 2.45) is 5.73 Å². The molecule has 2 nitrogen and oxygen atoms in total. The molecular formula is C12H14ClFN2. The summed E-state index contributed by atoms with van der Waals surface area (Å²) >= 11 is 5.94. The molecule has 4 heteroatoms. The normalized spacial score (nSPS) is 11.8. The fraction of sp³-hybridized carbons (Fsp3) is 0.333. The molecule has 0 spiro atoms. The number of hydrogen-bond acceptors (Lipinski definition) is 2. The molecule has 0 fully saturated rings. The molecule has 0 aliphatic rings. The summed E-state index contributed by atoms with van der Waals surface area (Å²) < 4.78 is 13.6. The third-order valence-electron chi connectivity index (χ3n) is 2.20. The Morgan fingerprint density at radius 1 is 1.56 bits per heavy atom. The molecule has 0 saturated carbocycles. The van der Waals surface area contributed by atoms with E-state index in [2.05, 4.69) is 17.2 Å². The van der Waals surface area contributed by atoms with E-state index < -0.39 is 0 Å². The molecule has 1 atom stereocenters. The predicted molar refractivity (Wildman–Crippen MR) is 64.7 cm³/mol. The second-order valence-electron chi connectivity index (χ2n) is 3.23. The minimum absolute atomic E-state index is 0.270. The van der Waals surface area contributed by atoms with Crippen molar-refractivity contribution in [3.63, 3.8) is 0 Å². The van der Waals surface area contributed by atoms with Gasteiger partial charge in [-0.2, -0.15) is 0 Å². The first-order chi connectivity index (χ1) is 7.70. The zero-order valence-electron chi connectivity index (χ0n) is 9.06. The lowest BCUT2D eigenvalue weighted by Gasteiger charge is -2.17. The van der Waals surface area contributed by atoms with Gasteiger partial charge in [0.2, 0.25) is 0 Å². The Bertz CT molecular complexity index is 389. The van der Waals surface area contributed by atoms with Gasteiger partial charge in [-0.1, -0.05) is 23.6 Å². The van der Waals surface area contributed by atoms with Crippen molar-refractivity contribution in [3.8, 4) is 11.8 Å². The Hall–Kier alpha value is -1.08. The lowest BCUT2D eigenvalue weighted by atomic mass is 10.1. The quantitative estimate of drug-likeness (QED) is 0.791. The summed E-state index contributed by atoms with van der Waals surface area (Å²) in [5, 5.41) is 3.43. The number of halogens is 2. The first-order valence-corrected chi connectivity index (χ1v) is 5.35. The predicted octanol–water partition coefficient (Wildman–Crippen LogP) is 2.09. The third-order valence-corrected chi connectivity index (χ3v) is 2.53. The first-order valence-electron chi connectivity index (χ1n) is 4.97. The summed E-state index contributed by atoms with van der Waals surface area (Å²) in [7, 11) is 0. The van der Waals surface area contributed by atoms with Gasteiger partial charge in [-0.25, -0.2) is 4.39 Å². The molecule has 86 valence electrons. The van der Waals surface area contributed by atoms with E-state index in [9.17, 15) is 4.39 Å². The van der Waals surface area contributed by atoms with Crippen molar-refractivity contribution in [3.05, 3.63) is 34.6 Å². The Labute approximate surface area is 100.0 Å². The van der Waals surface area contributed by atoms with Crippen LogP contribution in [0.25, 0.3) is 0 Å². The van der Waals surface area contributed by atoms with Crippen molar-refractivity contribution < 1.29 is 4.39 Å². The molecule has 0 amide bonds. The van der Waals surface area contributed by atoms with Crippen LogP contribution >= 0.6 is 11.6 Å². The molecule has 1 aromatic carbocycles. The van der Waals surface area contributed by atoms with Crippen LogP contribution in [0.2, 0.25) is 5.02 Å². The summed E-state index contributed by atoms with van der Waals surface area (Å²) in [5.74, 6) is 5.24. The van der Waals surface area contributed by atoms with Gasteiger partial charge in [0, 0.05) is 23.2 Å². The Balaban J connectivity index is 2.88. The van der Waals surface area contributed by atoms with Crippen molar-refractivity contribution in [1.29, 1.82) is 0 Å². The Morgan fingerprint density at radius 2 is 2.31 bits per heavy atom. The molecule has 0 saturated heterocycles. The second kappa shape index (κ2) is 6.49. The van der Waals surface area contributed by atoms with Crippen LogP contribution in [-0.2, 0) is 0 Å². The first kappa shape index (κ1) is 13.0. The van der Waals surface area contributed by atoms with Crippen molar-refractivity contribution in [2.45, 2.75) is 13.0 Å². The van der Waals surface area contributed by atoms with Crippen LogP contribution in [0, 0.1) is 17.7 Å². The molecule has 0 radical (unpaired) electrons. The number of hydrogen-bond donors (Lipinski definition) is 2. The molecule has 0 heterocycles. The molecule has 1 aromatic rings. The third kappa shape index (κ3) is 3.21. The van der Waals surface area contributed by atoms with Crippen LogP contribution in [0.4, 0.5) is 4.39 Å². The summed E-state index contributed by atoms with van der Waals surface area (Å²) in [6.45, 7) is 2.48. The van der Waals surface area contributed by atoms with Gasteiger partial charge in [-0.3, -0.25) is 5.32 Å². The monoisotopic (exact) mass is 240 g/mol. The molecule has 3 N–H and O–H groups in total. The van der Waals surface area contributed by atoms with Gasteiger partial charge in [-0.15, -0.1) is 5.92 Å². The summed E-state index contributed by atoms with van der Waals surface area (Å²) in [6.07, 6.45) is 0. The van der Waals surface area contributed by atoms with E-state index in [0.29, 0.717) is 17.1 Å². The van der Waals surface area contributed by atoms with Gasteiger partial charge < -0.3 is 5.73 Å².